The standard InChI is InChI=1S/C26H18N2O/c29-18-19-8-7-13-22(14-19)25-17-28-16-23(20-9-3-1-4-10-20)15-24(26(28)27-25)21-11-5-2-6-12-21/h1-18H. The third-order valence-corrected chi connectivity index (χ3v) is 5.06. The van der Waals surface area contributed by atoms with Crippen LogP contribution in [-0.2, 0) is 0 Å². The molecular weight excluding hydrogens is 356 g/mol. The van der Waals surface area contributed by atoms with Crippen molar-refractivity contribution in [1.82, 2.24) is 9.38 Å². The molecule has 0 spiro atoms. The lowest BCUT2D eigenvalue weighted by molar-refractivity contribution is 0.112. The molecule has 0 aliphatic carbocycles. The van der Waals surface area contributed by atoms with E-state index in [0.29, 0.717) is 5.56 Å². The van der Waals surface area contributed by atoms with Gasteiger partial charge in [-0.05, 0) is 28.8 Å². The number of fused-ring (bicyclic) bond motifs is 1. The fourth-order valence-electron chi connectivity index (χ4n) is 3.63. The van der Waals surface area contributed by atoms with Gasteiger partial charge in [-0.1, -0.05) is 78.9 Å². The zero-order valence-electron chi connectivity index (χ0n) is 15.7. The number of hydrogen-bond acceptors (Lipinski definition) is 2. The molecular formula is C26H18N2O. The van der Waals surface area contributed by atoms with Crippen molar-refractivity contribution in [3.63, 3.8) is 0 Å². The fraction of sp³-hybridized carbons (Fsp3) is 0. The summed E-state index contributed by atoms with van der Waals surface area (Å²) in [7, 11) is 0. The predicted octanol–water partition coefficient (Wildman–Crippen LogP) is 6.15. The van der Waals surface area contributed by atoms with Gasteiger partial charge in [0, 0.05) is 29.1 Å². The fourth-order valence-corrected chi connectivity index (χ4v) is 3.63. The van der Waals surface area contributed by atoms with Gasteiger partial charge < -0.3 is 4.40 Å². The molecule has 2 aromatic heterocycles. The van der Waals surface area contributed by atoms with Gasteiger partial charge in [0.05, 0.1) is 5.69 Å². The van der Waals surface area contributed by atoms with Gasteiger partial charge in [0.15, 0.2) is 0 Å². The second-order valence-corrected chi connectivity index (χ2v) is 6.97. The van der Waals surface area contributed by atoms with E-state index in [-0.39, 0.29) is 0 Å². The van der Waals surface area contributed by atoms with E-state index < -0.39 is 0 Å². The zero-order chi connectivity index (χ0) is 19.6. The van der Waals surface area contributed by atoms with Crippen LogP contribution in [0.15, 0.2) is 103 Å². The molecule has 5 aromatic rings. The molecule has 0 N–H and O–H groups in total. The van der Waals surface area contributed by atoms with Gasteiger partial charge in [-0.15, -0.1) is 0 Å². The number of hydrogen-bond donors (Lipinski definition) is 0. The van der Waals surface area contributed by atoms with Crippen LogP contribution in [0.3, 0.4) is 0 Å². The molecule has 0 fully saturated rings. The molecule has 0 unspecified atom stereocenters. The van der Waals surface area contributed by atoms with Crippen molar-refractivity contribution in [3.8, 4) is 33.5 Å². The Morgan fingerprint density at radius 3 is 2.07 bits per heavy atom. The van der Waals surface area contributed by atoms with E-state index in [9.17, 15) is 4.79 Å². The number of rotatable bonds is 4. The Kier molecular flexibility index (Phi) is 4.26. The largest absolute Gasteiger partial charge is 0.305 e. The van der Waals surface area contributed by atoms with Crippen molar-refractivity contribution >= 4 is 11.9 Å². The number of pyridine rings is 1. The molecule has 0 amide bonds. The molecule has 138 valence electrons. The van der Waals surface area contributed by atoms with Crippen LogP contribution in [0.1, 0.15) is 10.4 Å². The summed E-state index contributed by atoms with van der Waals surface area (Å²) >= 11 is 0. The second-order valence-electron chi connectivity index (χ2n) is 6.97. The first-order chi connectivity index (χ1) is 14.3. The highest BCUT2D eigenvalue weighted by molar-refractivity contribution is 5.84. The molecule has 0 bridgehead atoms. The first-order valence-corrected chi connectivity index (χ1v) is 9.51. The highest BCUT2D eigenvalue weighted by atomic mass is 16.1. The quantitative estimate of drug-likeness (QED) is 0.354. The van der Waals surface area contributed by atoms with E-state index >= 15 is 0 Å². The Hall–Kier alpha value is -3.98. The van der Waals surface area contributed by atoms with Gasteiger partial charge in [0.2, 0.25) is 0 Å². The summed E-state index contributed by atoms with van der Waals surface area (Å²) in [5.74, 6) is 0. The van der Waals surface area contributed by atoms with Gasteiger partial charge in [0.25, 0.3) is 0 Å². The Morgan fingerprint density at radius 1 is 0.655 bits per heavy atom. The number of benzene rings is 3. The lowest BCUT2D eigenvalue weighted by Crippen LogP contribution is -1.90. The van der Waals surface area contributed by atoms with Crippen LogP contribution in [0.2, 0.25) is 0 Å². The maximum absolute atomic E-state index is 11.2. The molecule has 29 heavy (non-hydrogen) atoms. The van der Waals surface area contributed by atoms with Gasteiger partial charge in [0.1, 0.15) is 11.9 Å². The summed E-state index contributed by atoms with van der Waals surface area (Å²) in [6.45, 7) is 0. The van der Waals surface area contributed by atoms with E-state index in [1.807, 2.05) is 60.8 Å². The normalized spacial score (nSPS) is 10.9. The number of imidazole rings is 1. The van der Waals surface area contributed by atoms with E-state index in [1.54, 1.807) is 6.07 Å². The van der Waals surface area contributed by atoms with Crippen LogP contribution in [0.4, 0.5) is 0 Å². The third kappa shape index (κ3) is 3.23. The average molecular weight is 374 g/mol. The summed E-state index contributed by atoms with van der Waals surface area (Å²) in [4.78, 5) is 16.1. The van der Waals surface area contributed by atoms with Crippen molar-refractivity contribution in [3.05, 3.63) is 109 Å². The Labute approximate surface area is 168 Å². The minimum absolute atomic E-state index is 0.646. The lowest BCUT2D eigenvalue weighted by Gasteiger charge is -2.09. The van der Waals surface area contributed by atoms with Gasteiger partial charge in [-0.2, -0.15) is 0 Å². The van der Waals surface area contributed by atoms with Crippen LogP contribution in [-0.4, -0.2) is 15.7 Å². The monoisotopic (exact) mass is 374 g/mol. The lowest BCUT2D eigenvalue weighted by atomic mass is 10.0. The molecule has 0 saturated heterocycles. The van der Waals surface area contributed by atoms with Gasteiger partial charge >= 0.3 is 0 Å². The van der Waals surface area contributed by atoms with E-state index in [4.69, 9.17) is 4.98 Å². The molecule has 2 heterocycles. The molecule has 3 aromatic carbocycles. The Morgan fingerprint density at radius 2 is 1.34 bits per heavy atom. The number of carbonyl (C=O) groups excluding carboxylic acids is 1. The smallest absolute Gasteiger partial charge is 0.150 e. The first kappa shape index (κ1) is 17.1. The summed E-state index contributed by atoms with van der Waals surface area (Å²) in [5, 5.41) is 0. The number of nitrogens with zero attached hydrogens (tertiary/aromatic N) is 2. The van der Waals surface area contributed by atoms with E-state index in [1.165, 1.54) is 0 Å². The van der Waals surface area contributed by atoms with Crippen LogP contribution < -0.4 is 0 Å². The summed E-state index contributed by atoms with van der Waals surface area (Å²) in [5.41, 5.74) is 7.79. The number of carbonyl (C=O) groups is 1. The number of aldehydes is 1. The van der Waals surface area contributed by atoms with Crippen LogP contribution in [0.5, 0.6) is 0 Å². The zero-order valence-corrected chi connectivity index (χ0v) is 15.7. The van der Waals surface area contributed by atoms with Crippen molar-refractivity contribution in [1.29, 1.82) is 0 Å². The third-order valence-electron chi connectivity index (χ3n) is 5.06. The van der Waals surface area contributed by atoms with E-state index in [0.717, 1.165) is 45.4 Å². The van der Waals surface area contributed by atoms with Crippen LogP contribution in [0.25, 0.3) is 39.2 Å². The Balaban J connectivity index is 1.76. The maximum atomic E-state index is 11.2. The predicted molar refractivity (Wildman–Crippen MR) is 117 cm³/mol. The summed E-state index contributed by atoms with van der Waals surface area (Å²) in [6.07, 6.45) is 5.00. The second kappa shape index (κ2) is 7.21. The minimum Gasteiger partial charge on any atom is -0.305 e. The highest BCUT2D eigenvalue weighted by Crippen LogP contribution is 2.32. The van der Waals surface area contributed by atoms with Crippen molar-refractivity contribution < 1.29 is 4.79 Å². The molecule has 3 heteroatoms. The number of aromatic nitrogens is 2. The molecule has 0 aliphatic rings. The molecule has 5 rings (SSSR count). The Bertz CT molecular complexity index is 1300. The van der Waals surface area contributed by atoms with Crippen molar-refractivity contribution in [2.24, 2.45) is 0 Å². The summed E-state index contributed by atoms with van der Waals surface area (Å²) < 4.78 is 2.08. The molecule has 0 saturated carbocycles. The highest BCUT2D eigenvalue weighted by Gasteiger charge is 2.13. The summed E-state index contributed by atoms with van der Waals surface area (Å²) in [6, 6.07) is 30.4. The first-order valence-electron chi connectivity index (χ1n) is 9.51. The van der Waals surface area contributed by atoms with Crippen molar-refractivity contribution in [2.45, 2.75) is 0 Å². The van der Waals surface area contributed by atoms with Gasteiger partial charge in [-0.3, -0.25) is 4.79 Å². The van der Waals surface area contributed by atoms with Crippen LogP contribution in [0, 0.1) is 0 Å². The average Bonchev–Trinajstić information content (AvgIpc) is 3.24. The topological polar surface area (TPSA) is 34.4 Å². The van der Waals surface area contributed by atoms with Crippen molar-refractivity contribution in [2.75, 3.05) is 0 Å². The van der Waals surface area contributed by atoms with Gasteiger partial charge in [-0.25, -0.2) is 4.98 Å². The molecule has 3 nitrogen and oxygen atoms in total. The minimum atomic E-state index is 0.646. The molecule has 0 atom stereocenters. The maximum Gasteiger partial charge on any atom is 0.150 e. The van der Waals surface area contributed by atoms with Crippen LogP contribution >= 0.6 is 0 Å². The SMILES string of the molecule is O=Cc1cccc(-c2cn3cc(-c4ccccc4)cc(-c4ccccc4)c3n2)c1. The molecule has 0 radical (unpaired) electrons. The van der Waals surface area contributed by atoms with E-state index in [2.05, 4.69) is 40.9 Å². The molecule has 0 aliphatic heterocycles.